The van der Waals surface area contributed by atoms with Crippen LogP contribution in [0.5, 0.6) is 0 Å². The van der Waals surface area contributed by atoms with Crippen molar-refractivity contribution in [2.24, 2.45) is 5.73 Å². The van der Waals surface area contributed by atoms with Crippen molar-refractivity contribution in [1.29, 1.82) is 0 Å². The van der Waals surface area contributed by atoms with Gasteiger partial charge >= 0.3 is 5.97 Å². The number of halogens is 2. The van der Waals surface area contributed by atoms with Crippen LogP contribution in [0.15, 0.2) is 18.2 Å². The zero-order chi connectivity index (χ0) is 16.5. The molecule has 0 unspecified atom stereocenters. The highest BCUT2D eigenvalue weighted by Gasteiger charge is 2.18. The summed E-state index contributed by atoms with van der Waals surface area (Å²) in [4.78, 5) is 27.4. The van der Waals surface area contributed by atoms with Gasteiger partial charge in [-0.05, 0) is 24.1 Å². The summed E-state index contributed by atoms with van der Waals surface area (Å²) < 4.78 is 4.75. The highest BCUT2D eigenvalue weighted by Crippen LogP contribution is 2.23. The molecular weight excluding hydrogens is 335 g/mol. The van der Waals surface area contributed by atoms with Gasteiger partial charge in [-0.1, -0.05) is 29.3 Å². The van der Waals surface area contributed by atoms with E-state index in [1.54, 1.807) is 18.2 Å². The van der Waals surface area contributed by atoms with E-state index in [9.17, 15) is 9.59 Å². The second-order valence-electron chi connectivity index (χ2n) is 4.28. The van der Waals surface area contributed by atoms with Crippen molar-refractivity contribution in [3.05, 3.63) is 33.8 Å². The molecule has 0 spiro atoms. The molecule has 0 aliphatic rings. The Morgan fingerprint density at radius 1 is 1.32 bits per heavy atom. The molecule has 1 atom stereocenters. The number of hydrogen-bond acceptors (Lipinski definition) is 6. The molecule has 0 bridgehead atoms. The van der Waals surface area contributed by atoms with Crippen LogP contribution >= 0.6 is 23.2 Å². The third-order valence-electron chi connectivity index (χ3n) is 2.48. The summed E-state index contributed by atoms with van der Waals surface area (Å²) in [6.45, 7) is -0.532. The average Bonchev–Trinajstić information content (AvgIpc) is 2.48. The quantitative estimate of drug-likeness (QED) is 0.486. The Morgan fingerprint density at radius 2 is 2.05 bits per heavy atom. The summed E-state index contributed by atoms with van der Waals surface area (Å²) in [6.07, 6.45) is 0.173. The molecule has 1 aromatic carbocycles. The number of aliphatic hydroxyl groups excluding tert-OH is 1. The van der Waals surface area contributed by atoms with Gasteiger partial charge in [0.05, 0.1) is 23.3 Å². The maximum absolute atomic E-state index is 11.6. The normalized spacial score (nSPS) is 11.8. The van der Waals surface area contributed by atoms with Crippen LogP contribution in [0.25, 0.3) is 0 Å². The number of carbonyl (C=O) groups is 2. The summed E-state index contributed by atoms with van der Waals surface area (Å²) in [5.74, 6) is -1.47. The summed E-state index contributed by atoms with van der Waals surface area (Å²) in [5.41, 5.74) is 8.29. The SMILES string of the molecule is N[C@@H](Cc1ccc(Cl)c(Cl)c1)C(=O)ONC(=O)COCCO. The largest absolute Gasteiger partial charge is 0.394 e. The van der Waals surface area contributed by atoms with Crippen LogP contribution in [0.3, 0.4) is 0 Å². The Labute approximate surface area is 137 Å². The van der Waals surface area contributed by atoms with E-state index in [2.05, 4.69) is 4.84 Å². The molecule has 0 aliphatic carbocycles. The van der Waals surface area contributed by atoms with Crippen molar-refractivity contribution in [3.8, 4) is 0 Å². The molecule has 4 N–H and O–H groups in total. The first-order chi connectivity index (χ1) is 10.4. The van der Waals surface area contributed by atoms with E-state index in [1.807, 2.05) is 5.48 Å². The van der Waals surface area contributed by atoms with Gasteiger partial charge in [-0.2, -0.15) is 5.48 Å². The van der Waals surface area contributed by atoms with Gasteiger partial charge < -0.3 is 20.4 Å². The highest BCUT2D eigenvalue weighted by molar-refractivity contribution is 6.42. The zero-order valence-electron chi connectivity index (χ0n) is 11.6. The van der Waals surface area contributed by atoms with Crippen LogP contribution in [0, 0.1) is 0 Å². The van der Waals surface area contributed by atoms with Crippen LogP contribution in [-0.2, 0) is 25.6 Å². The lowest BCUT2D eigenvalue weighted by Crippen LogP contribution is -2.40. The number of nitrogens with two attached hydrogens (primary N) is 1. The Hall–Kier alpha value is -1.38. The topological polar surface area (TPSA) is 111 Å². The Morgan fingerprint density at radius 3 is 2.68 bits per heavy atom. The number of carbonyl (C=O) groups excluding carboxylic acids is 2. The molecule has 7 nitrogen and oxygen atoms in total. The minimum Gasteiger partial charge on any atom is -0.394 e. The number of nitrogens with one attached hydrogen (secondary N) is 1. The number of benzene rings is 1. The van der Waals surface area contributed by atoms with E-state index >= 15 is 0 Å². The first-order valence-electron chi connectivity index (χ1n) is 6.31. The van der Waals surface area contributed by atoms with Crippen LogP contribution < -0.4 is 11.2 Å². The van der Waals surface area contributed by atoms with E-state index in [4.69, 9.17) is 38.8 Å². The fourth-order valence-corrected chi connectivity index (χ4v) is 1.77. The first-order valence-corrected chi connectivity index (χ1v) is 7.07. The van der Waals surface area contributed by atoms with Crippen LogP contribution in [0.1, 0.15) is 5.56 Å². The molecule has 0 radical (unpaired) electrons. The van der Waals surface area contributed by atoms with Gasteiger partial charge in [0.15, 0.2) is 0 Å². The van der Waals surface area contributed by atoms with Crippen molar-refractivity contribution >= 4 is 35.1 Å². The smallest absolute Gasteiger partial charge is 0.349 e. The highest BCUT2D eigenvalue weighted by atomic mass is 35.5. The number of amides is 1. The Balaban J connectivity index is 2.38. The average molecular weight is 351 g/mol. The van der Waals surface area contributed by atoms with E-state index < -0.39 is 17.9 Å². The predicted octanol–water partition coefficient (Wildman–Crippen LogP) is 0.446. The van der Waals surface area contributed by atoms with Gasteiger partial charge in [-0.25, -0.2) is 4.79 Å². The van der Waals surface area contributed by atoms with Crippen molar-refractivity contribution in [2.75, 3.05) is 19.8 Å². The maximum Gasteiger partial charge on any atom is 0.349 e. The number of hydroxylamine groups is 1. The summed E-state index contributed by atoms with van der Waals surface area (Å²) in [5, 5.41) is 9.23. The second-order valence-corrected chi connectivity index (χ2v) is 5.10. The molecule has 0 aliphatic heterocycles. The minimum atomic E-state index is -0.976. The van der Waals surface area contributed by atoms with Crippen LogP contribution in [-0.4, -0.2) is 42.8 Å². The molecule has 22 heavy (non-hydrogen) atoms. The molecule has 1 aromatic rings. The Kier molecular flexibility index (Phi) is 8.15. The third-order valence-corrected chi connectivity index (χ3v) is 3.22. The summed E-state index contributed by atoms with van der Waals surface area (Å²) in [6, 6.07) is 3.90. The molecule has 0 saturated heterocycles. The van der Waals surface area contributed by atoms with Crippen molar-refractivity contribution in [2.45, 2.75) is 12.5 Å². The summed E-state index contributed by atoms with van der Waals surface area (Å²) >= 11 is 11.6. The van der Waals surface area contributed by atoms with Crippen LogP contribution in [0.4, 0.5) is 0 Å². The predicted molar refractivity (Wildman–Crippen MR) is 80.3 cm³/mol. The molecule has 122 valence electrons. The van der Waals surface area contributed by atoms with E-state index in [1.165, 1.54) is 0 Å². The second kappa shape index (κ2) is 9.60. The lowest BCUT2D eigenvalue weighted by molar-refractivity contribution is -0.161. The third kappa shape index (κ3) is 6.59. The van der Waals surface area contributed by atoms with Crippen molar-refractivity contribution < 1.29 is 24.3 Å². The lowest BCUT2D eigenvalue weighted by Gasteiger charge is -2.12. The number of hydrogen-bond donors (Lipinski definition) is 3. The van der Waals surface area contributed by atoms with Gasteiger partial charge in [0.25, 0.3) is 5.91 Å². The fraction of sp³-hybridized carbons (Fsp3) is 0.385. The lowest BCUT2D eigenvalue weighted by atomic mass is 10.1. The molecular formula is C13H16Cl2N2O5. The van der Waals surface area contributed by atoms with Crippen molar-refractivity contribution in [1.82, 2.24) is 5.48 Å². The number of ether oxygens (including phenoxy) is 1. The number of aliphatic hydroxyl groups is 1. The zero-order valence-corrected chi connectivity index (χ0v) is 13.1. The monoisotopic (exact) mass is 350 g/mol. The van der Waals surface area contributed by atoms with Gasteiger partial charge in [0.1, 0.15) is 12.6 Å². The molecule has 1 rings (SSSR count). The fourth-order valence-electron chi connectivity index (χ4n) is 1.45. The molecule has 0 fully saturated rings. The first kappa shape index (κ1) is 18.7. The molecule has 0 aromatic heterocycles. The number of rotatable bonds is 7. The van der Waals surface area contributed by atoms with E-state index in [-0.39, 0.29) is 26.2 Å². The molecule has 9 heteroatoms. The summed E-state index contributed by atoms with van der Waals surface area (Å²) in [7, 11) is 0. The molecule has 1 amide bonds. The minimum absolute atomic E-state index is 0.0121. The maximum atomic E-state index is 11.6. The van der Waals surface area contributed by atoms with Crippen molar-refractivity contribution in [3.63, 3.8) is 0 Å². The standard InChI is InChI=1S/C13H16Cl2N2O5/c14-9-2-1-8(5-10(9)15)6-11(16)13(20)22-17-12(19)7-21-4-3-18/h1-2,5,11,18H,3-4,6-7,16H2,(H,17,19)/t11-/m0/s1. The molecule has 0 saturated carbocycles. The van der Waals surface area contributed by atoms with Gasteiger partial charge in [-0.15, -0.1) is 0 Å². The van der Waals surface area contributed by atoms with E-state index in [0.29, 0.717) is 15.6 Å². The Bertz CT molecular complexity index is 527. The van der Waals surface area contributed by atoms with Gasteiger partial charge in [0, 0.05) is 0 Å². The van der Waals surface area contributed by atoms with Gasteiger partial charge in [0.2, 0.25) is 0 Å². The van der Waals surface area contributed by atoms with E-state index in [0.717, 1.165) is 0 Å². The molecule has 0 heterocycles. The van der Waals surface area contributed by atoms with Gasteiger partial charge in [-0.3, -0.25) is 4.79 Å². The van der Waals surface area contributed by atoms with Crippen LogP contribution in [0.2, 0.25) is 10.0 Å².